The summed E-state index contributed by atoms with van der Waals surface area (Å²) in [4.78, 5) is 2.62. The average molecular weight is 277 g/mol. The zero-order valence-electron chi connectivity index (χ0n) is 7.15. The molecule has 0 saturated heterocycles. The van der Waals surface area contributed by atoms with Crippen molar-refractivity contribution in [3.8, 4) is 5.75 Å². The van der Waals surface area contributed by atoms with Crippen molar-refractivity contribution in [2.75, 3.05) is 13.2 Å². The highest BCUT2D eigenvalue weighted by Crippen LogP contribution is 2.27. The quantitative estimate of drug-likeness (QED) is 0.357. The Hall–Kier alpha value is -0.900. The third-order valence-electron chi connectivity index (χ3n) is 1.41. The van der Waals surface area contributed by atoms with Gasteiger partial charge in [0.2, 0.25) is 0 Å². The van der Waals surface area contributed by atoms with E-state index < -0.39 is 0 Å². The van der Waals surface area contributed by atoms with Crippen LogP contribution in [0, 0.1) is 0 Å². The second-order valence-electron chi connectivity index (χ2n) is 2.38. The highest BCUT2D eigenvalue weighted by Gasteiger charge is 2.00. The van der Waals surface area contributed by atoms with Gasteiger partial charge >= 0.3 is 0 Å². The number of azide groups is 1. The summed E-state index contributed by atoms with van der Waals surface area (Å²) < 4.78 is 6.11. The Kier molecular flexibility index (Phi) is 4.59. The standard InChI is InChI=1S/C8H7BrClN3O/c9-7-5-6(10)1-2-8(7)14-4-3-12-13-11/h1-2,5H,3-4H2. The highest BCUT2D eigenvalue weighted by atomic mass is 79.9. The van der Waals surface area contributed by atoms with Gasteiger partial charge < -0.3 is 4.74 Å². The maximum absolute atomic E-state index is 8.03. The largest absolute Gasteiger partial charge is 0.492 e. The molecule has 0 atom stereocenters. The van der Waals surface area contributed by atoms with Crippen molar-refractivity contribution in [1.82, 2.24) is 0 Å². The van der Waals surface area contributed by atoms with Crippen LogP contribution in [-0.2, 0) is 0 Å². The predicted molar refractivity (Wildman–Crippen MR) is 58.7 cm³/mol. The summed E-state index contributed by atoms with van der Waals surface area (Å²) in [5.41, 5.74) is 8.03. The zero-order valence-corrected chi connectivity index (χ0v) is 9.49. The van der Waals surface area contributed by atoms with Crippen molar-refractivity contribution in [3.05, 3.63) is 38.1 Å². The van der Waals surface area contributed by atoms with Crippen molar-refractivity contribution >= 4 is 27.5 Å². The van der Waals surface area contributed by atoms with Crippen LogP contribution in [0.2, 0.25) is 5.02 Å². The Morgan fingerprint density at radius 2 is 2.36 bits per heavy atom. The highest BCUT2D eigenvalue weighted by molar-refractivity contribution is 9.10. The van der Waals surface area contributed by atoms with Gasteiger partial charge in [-0.25, -0.2) is 0 Å². The zero-order chi connectivity index (χ0) is 10.4. The molecule has 0 bridgehead atoms. The normalized spacial score (nSPS) is 9.29. The maximum atomic E-state index is 8.03. The van der Waals surface area contributed by atoms with Gasteiger partial charge in [0.15, 0.2) is 0 Å². The van der Waals surface area contributed by atoms with Crippen molar-refractivity contribution in [2.45, 2.75) is 0 Å². The van der Waals surface area contributed by atoms with Crippen molar-refractivity contribution in [3.63, 3.8) is 0 Å². The van der Waals surface area contributed by atoms with Crippen LogP contribution in [0.1, 0.15) is 0 Å². The Balaban J connectivity index is 2.54. The van der Waals surface area contributed by atoms with Crippen LogP contribution in [0.15, 0.2) is 27.8 Å². The Bertz CT molecular complexity index is 366. The van der Waals surface area contributed by atoms with Gasteiger partial charge in [0.05, 0.1) is 17.6 Å². The number of rotatable bonds is 4. The van der Waals surface area contributed by atoms with Gasteiger partial charge in [0.1, 0.15) is 5.75 Å². The molecule has 74 valence electrons. The average Bonchev–Trinajstić information content (AvgIpc) is 2.15. The molecule has 0 unspecified atom stereocenters. The molecule has 0 aliphatic carbocycles. The first-order chi connectivity index (χ1) is 6.74. The lowest BCUT2D eigenvalue weighted by atomic mass is 10.3. The van der Waals surface area contributed by atoms with E-state index in [1.54, 1.807) is 18.2 Å². The molecular weight excluding hydrogens is 269 g/mol. The lowest BCUT2D eigenvalue weighted by Crippen LogP contribution is -2.00. The van der Waals surface area contributed by atoms with E-state index in [1.165, 1.54) is 0 Å². The van der Waals surface area contributed by atoms with E-state index >= 15 is 0 Å². The first-order valence-electron chi connectivity index (χ1n) is 3.83. The summed E-state index contributed by atoms with van der Waals surface area (Å²) in [7, 11) is 0. The Morgan fingerprint density at radius 3 is 3.00 bits per heavy atom. The molecule has 0 amide bonds. The number of halogens is 2. The summed E-state index contributed by atoms with van der Waals surface area (Å²) in [6.45, 7) is 0.663. The Labute approximate surface area is 94.6 Å². The second kappa shape index (κ2) is 5.75. The van der Waals surface area contributed by atoms with E-state index in [4.69, 9.17) is 21.9 Å². The maximum Gasteiger partial charge on any atom is 0.133 e. The minimum Gasteiger partial charge on any atom is -0.492 e. The third-order valence-corrected chi connectivity index (χ3v) is 2.26. The SMILES string of the molecule is [N-]=[N+]=NCCOc1ccc(Cl)cc1Br. The minimum atomic E-state index is 0.311. The van der Waals surface area contributed by atoms with Crippen LogP contribution in [-0.4, -0.2) is 13.2 Å². The van der Waals surface area contributed by atoms with Gasteiger partial charge in [-0.2, -0.15) is 0 Å². The molecule has 14 heavy (non-hydrogen) atoms. The van der Waals surface area contributed by atoms with E-state index in [9.17, 15) is 0 Å². The van der Waals surface area contributed by atoms with Gasteiger partial charge in [0.25, 0.3) is 0 Å². The lowest BCUT2D eigenvalue weighted by molar-refractivity contribution is 0.326. The van der Waals surface area contributed by atoms with Crippen molar-refractivity contribution in [1.29, 1.82) is 0 Å². The summed E-state index contributed by atoms with van der Waals surface area (Å²) in [5, 5.41) is 3.99. The molecule has 1 rings (SSSR count). The molecule has 0 saturated carbocycles. The third kappa shape index (κ3) is 3.46. The van der Waals surface area contributed by atoms with E-state index in [0.717, 1.165) is 4.47 Å². The number of hydrogen-bond acceptors (Lipinski definition) is 2. The van der Waals surface area contributed by atoms with E-state index in [0.29, 0.717) is 23.9 Å². The number of benzene rings is 1. The molecule has 0 heterocycles. The smallest absolute Gasteiger partial charge is 0.133 e. The molecule has 0 radical (unpaired) electrons. The molecule has 0 spiro atoms. The first-order valence-corrected chi connectivity index (χ1v) is 5.00. The van der Waals surface area contributed by atoms with E-state index in [-0.39, 0.29) is 0 Å². The number of ether oxygens (including phenoxy) is 1. The summed E-state index contributed by atoms with van der Waals surface area (Å²) in [5.74, 6) is 0.683. The monoisotopic (exact) mass is 275 g/mol. The molecule has 1 aromatic rings. The van der Waals surface area contributed by atoms with Gasteiger partial charge in [-0.3, -0.25) is 0 Å². The molecule has 1 aromatic carbocycles. The summed E-state index contributed by atoms with van der Waals surface area (Å²) in [6.07, 6.45) is 0. The van der Waals surface area contributed by atoms with Crippen LogP contribution in [0.4, 0.5) is 0 Å². The van der Waals surface area contributed by atoms with Gasteiger partial charge in [0, 0.05) is 9.93 Å². The molecule has 0 fully saturated rings. The fraction of sp³-hybridized carbons (Fsp3) is 0.250. The van der Waals surface area contributed by atoms with Crippen LogP contribution in [0.3, 0.4) is 0 Å². The number of nitrogens with zero attached hydrogens (tertiary/aromatic N) is 3. The molecular formula is C8H7BrClN3O. The summed E-state index contributed by atoms with van der Waals surface area (Å²) in [6, 6.07) is 5.22. The van der Waals surface area contributed by atoms with Gasteiger partial charge in [-0.1, -0.05) is 16.7 Å². The topological polar surface area (TPSA) is 58.0 Å². The molecule has 4 nitrogen and oxygen atoms in total. The van der Waals surface area contributed by atoms with Gasteiger partial charge in [-0.15, -0.1) is 0 Å². The first kappa shape index (κ1) is 11.2. The van der Waals surface area contributed by atoms with E-state index in [2.05, 4.69) is 26.0 Å². The van der Waals surface area contributed by atoms with E-state index in [1.807, 2.05) is 0 Å². The van der Waals surface area contributed by atoms with Crippen LogP contribution in [0.25, 0.3) is 10.4 Å². The van der Waals surface area contributed by atoms with Crippen molar-refractivity contribution < 1.29 is 4.74 Å². The fourth-order valence-electron chi connectivity index (χ4n) is 0.833. The molecule has 6 heteroatoms. The van der Waals surface area contributed by atoms with Crippen molar-refractivity contribution in [2.24, 2.45) is 5.11 Å². The second-order valence-corrected chi connectivity index (χ2v) is 3.67. The van der Waals surface area contributed by atoms with Crippen LogP contribution >= 0.6 is 27.5 Å². The summed E-state index contributed by atoms with van der Waals surface area (Å²) >= 11 is 9.05. The molecule has 0 aromatic heterocycles. The molecule has 0 N–H and O–H groups in total. The predicted octanol–water partition coefficient (Wildman–Crippen LogP) is 3.79. The molecule has 0 aliphatic rings. The minimum absolute atomic E-state index is 0.311. The lowest BCUT2D eigenvalue weighted by Gasteiger charge is -2.06. The number of hydrogen-bond donors (Lipinski definition) is 0. The fourth-order valence-corrected chi connectivity index (χ4v) is 1.63. The van der Waals surface area contributed by atoms with Crippen LogP contribution in [0.5, 0.6) is 5.75 Å². The Morgan fingerprint density at radius 1 is 1.57 bits per heavy atom. The molecule has 0 aliphatic heterocycles. The van der Waals surface area contributed by atoms with Gasteiger partial charge in [-0.05, 0) is 39.7 Å². The van der Waals surface area contributed by atoms with Crippen LogP contribution < -0.4 is 4.74 Å².